The van der Waals surface area contributed by atoms with Crippen LogP contribution in [0.15, 0.2) is 6.07 Å². The van der Waals surface area contributed by atoms with Crippen LogP contribution in [0.3, 0.4) is 0 Å². The number of nitrogens with zero attached hydrogens (tertiary/aromatic N) is 3. The van der Waals surface area contributed by atoms with E-state index < -0.39 is 0 Å². The third-order valence-electron chi connectivity index (χ3n) is 3.26. The van der Waals surface area contributed by atoms with Gasteiger partial charge in [0.05, 0.1) is 5.69 Å². The van der Waals surface area contributed by atoms with Crippen LogP contribution in [0.1, 0.15) is 35.9 Å². The lowest BCUT2D eigenvalue weighted by molar-refractivity contribution is 0.0697. The van der Waals surface area contributed by atoms with Crippen molar-refractivity contribution in [1.29, 1.82) is 0 Å². The summed E-state index contributed by atoms with van der Waals surface area (Å²) in [5, 5.41) is 4.30. The molecule has 1 aliphatic rings. The molecule has 0 bridgehead atoms. The topological polar surface area (TPSA) is 64.2 Å². The first-order valence-electron chi connectivity index (χ1n) is 6.19. The molecule has 0 spiro atoms. The van der Waals surface area contributed by atoms with Crippen molar-refractivity contribution < 1.29 is 4.79 Å². The Morgan fingerprint density at radius 3 is 3.00 bits per heavy atom. The third kappa shape index (κ3) is 2.49. The summed E-state index contributed by atoms with van der Waals surface area (Å²) < 4.78 is 1.67. The quantitative estimate of drug-likeness (QED) is 0.815. The van der Waals surface area contributed by atoms with Gasteiger partial charge in [-0.2, -0.15) is 5.10 Å². The third-order valence-corrected chi connectivity index (χ3v) is 3.26. The maximum absolute atomic E-state index is 12.3. The van der Waals surface area contributed by atoms with Crippen molar-refractivity contribution in [2.75, 3.05) is 13.1 Å². The van der Waals surface area contributed by atoms with Crippen molar-refractivity contribution in [1.82, 2.24) is 14.7 Å². The predicted octanol–water partition coefficient (Wildman–Crippen LogP) is 0.546. The lowest BCUT2D eigenvalue weighted by Gasteiger charge is -2.30. The second-order valence-corrected chi connectivity index (χ2v) is 4.65. The molecule has 5 nitrogen and oxygen atoms in total. The minimum absolute atomic E-state index is 0.0508. The first-order valence-corrected chi connectivity index (χ1v) is 6.19. The summed E-state index contributed by atoms with van der Waals surface area (Å²) in [5.74, 6) is 0.0508. The minimum atomic E-state index is 0.0508. The zero-order valence-corrected chi connectivity index (χ0v) is 10.5. The highest BCUT2D eigenvalue weighted by Crippen LogP contribution is 2.13. The Hall–Kier alpha value is -1.36. The zero-order valence-electron chi connectivity index (χ0n) is 10.5. The van der Waals surface area contributed by atoms with Gasteiger partial charge in [0.25, 0.3) is 5.91 Å². The number of hydrogen-bond donors (Lipinski definition) is 1. The highest BCUT2D eigenvalue weighted by molar-refractivity contribution is 5.92. The van der Waals surface area contributed by atoms with Crippen molar-refractivity contribution in [3.05, 3.63) is 17.5 Å². The molecule has 2 heterocycles. The summed E-state index contributed by atoms with van der Waals surface area (Å²) in [6.45, 7) is 3.50. The van der Waals surface area contributed by atoms with E-state index in [1.54, 1.807) is 4.68 Å². The smallest absolute Gasteiger partial charge is 0.272 e. The second-order valence-electron chi connectivity index (χ2n) is 4.65. The van der Waals surface area contributed by atoms with Crippen LogP contribution in [0, 0.1) is 0 Å². The van der Waals surface area contributed by atoms with Crippen LogP contribution in [-0.4, -0.2) is 39.7 Å². The Morgan fingerprint density at radius 1 is 1.65 bits per heavy atom. The molecule has 0 unspecified atom stereocenters. The number of carbonyl (C=O) groups is 1. The number of rotatable bonds is 2. The molecule has 94 valence electrons. The van der Waals surface area contributed by atoms with Crippen molar-refractivity contribution in [3.8, 4) is 0 Å². The van der Waals surface area contributed by atoms with Crippen molar-refractivity contribution in [2.45, 2.75) is 32.2 Å². The zero-order chi connectivity index (χ0) is 12.4. The van der Waals surface area contributed by atoms with Gasteiger partial charge in [0.1, 0.15) is 5.69 Å². The molecule has 1 aromatic rings. The average molecular weight is 236 g/mol. The number of aromatic nitrogens is 2. The normalized spacial score (nSPS) is 20.6. The molecule has 0 aromatic carbocycles. The maximum Gasteiger partial charge on any atom is 0.272 e. The Kier molecular flexibility index (Phi) is 3.47. The molecule has 2 rings (SSSR count). The van der Waals surface area contributed by atoms with Crippen LogP contribution in [-0.2, 0) is 13.5 Å². The summed E-state index contributed by atoms with van der Waals surface area (Å²) in [6, 6.07) is 1.99. The molecular formula is C12H20N4O. The van der Waals surface area contributed by atoms with Crippen LogP contribution in [0.4, 0.5) is 0 Å². The number of aryl methyl sites for hydroxylation is 2. The lowest BCUT2D eigenvalue weighted by atomic mass is 10.1. The first-order chi connectivity index (χ1) is 8.11. The standard InChI is InChI=1S/C12H20N4O/c1-3-10-7-11(15(2)14-10)12(17)16-6-4-5-9(13)8-16/h7,9H,3-6,8,13H2,1-2H3/t9-/m1/s1. The van der Waals surface area contributed by atoms with Gasteiger partial charge >= 0.3 is 0 Å². The van der Waals surface area contributed by atoms with Gasteiger partial charge in [-0.3, -0.25) is 9.48 Å². The van der Waals surface area contributed by atoms with Gasteiger partial charge in [-0.1, -0.05) is 6.92 Å². The highest BCUT2D eigenvalue weighted by Gasteiger charge is 2.24. The SMILES string of the molecule is CCc1cc(C(=O)N2CCC[C@@H](N)C2)n(C)n1. The van der Waals surface area contributed by atoms with Crippen molar-refractivity contribution >= 4 is 5.91 Å². The number of piperidine rings is 1. The van der Waals surface area contributed by atoms with Gasteiger partial charge in [-0.15, -0.1) is 0 Å². The first kappa shape index (κ1) is 12.1. The summed E-state index contributed by atoms with van der Waals surface area (Å²) in [4.78, 5) is 14.1. The summed E-state index contributed by atoms with van der Waals surface area (Å²) in [7, 11) is 1.82. The van der Waals surface area contributed by atoms with E-state index in [9.17, 15) is 4.79 Å². The van der Waals surface area contributed by atoms with E-state index in [0.29, 0.717) is 12.2 Å². The second kappa shape index (κ2) is 4.87. The average Bonchev–Trinajstić information content (AvgIpc) is 2.69. The number of likely N-dealkylation sites (tertiary alicyclic amines) is 1. The molecule has 1 atom stereocenters. The van der Waals surface area contributed by atoms with Crippen LogP contribution < -0.4 is 5.73 Å². The van der Waals surface area contributed by atoms with Gasteiger partial charge in [-0.05, 0) is 25.3 Å². The Balaban J connectivity index is 2.15. The molecule has 1 amide bonds. The van der Waals surface area contributed by atoms with E-state index in [4.69, 9.17) is 5.73 Å². The van der Waals surface area contributed by atoms with Crippen LogP contribution in [0.25, 0.3) is 0 Å². The van der Waals surface area contributed by atoms with Gasteiger partial charge in [0.2, 0.25) is 0 Å². The maximum atomic E-state index is 12.3. The summed E-state index contributed by atoms with van der Waals surface area (Å²) in [5.41, 5.74) is 7.51. The van der Waals surface area contributed by atoms with E-state index in [2.05, 4.69) is 5.10 Å². The highest BCUT2D eigenvalue weighted by atomic mass is 16.2. The molecule has 2 N–H and O–H groups in total. The Morgan fingerprint density at radius 2 is 2.41 bits per heavy atom. The van der Waals surface area contributed by atoms with Gasteiger partial charge in [0, 0.05) is 26.2 Å². The molecule has 0 radical (unpaired) electrons. The predicted molar refractivity (Wildman–Crippen MR) is 65.7 cm³/mol. The summed E-state index contributed by atoms with van der Waals surface area (Å²) >= 11 is 0. The van der Waals surface area contributed by atoms with E-state index >= 15 is 0 Å². The molecular weight excluding hydrogens is 216 g/mol. The fourth-order valence-electron chi connectivity index (χ4n) is 2.26. The lowest BCUT2D eigenvalue weighted by Crippen LogP contribution is -2.46. The largest absolute Gasteiger partial charge is 0.336 e. The van der Waals surface area contributed by atoms with Gasteiger partial charge < -0.3 is 10.6 Å². The molecule has 1 aliphatic heterocycles. The van der Waals surface area contributed by atoms with Gasteiger partial charge in [-0.25, -0.2) is 0 Å². The fraction of sp³-hybridized carbons (Fsp3) is 0.667. The van der Waals surface area contributed by atoms with E-state index in [1.807, 2.05) is 24.9 Å². The Bertz CT molecular complexity index is 413. The van der Waals surface area contributed by atoms with E-state index in [0.717, 1.165) is 31.5 Å². The number of nitrogens with two attached hydrogens (primary N) is 1. The van der Waals surface area contributed by atoms with Crippen molar-refractivity contribution in [2.24, 2.45) is 12.8 Å². The van der Waals surface area contributed by atoms with Gasteiger partial charge in [0.15, 0.2) is 0 Å². The van der Waals surface area contributed by atoms with E-state index in [-0.39, 0.29) is 11.9 Å². The molecule has 5 heteroatoms. The van der Waals surface area contributed by atoms with Crippen LogP contribution >= 0.6 is 0 Å². The van der Waals surface area contributed by atoms with Crippen LogP contribution in [0.5, 0.6) is 0 Å². The molecule has 1 aromatic heterocycles. The molecule has 1 fully saturated rings. The molecule has 0 saturated carbocycles. The minimum Gasteiger partial charge on any atom is -0.336 e. The monoisotopic (exact) mass is 236 g/mol. The number of hydrogen-bond acceptors (Lipinski definition) is 3. The molecule has 1 saturated heterocycles. The Labute approximate surface area is 102 Å². The van der Waals surface area contributed by atoms with E-state index in [1.165, 1.54) is 0 Å². The number of carbonyl (C=O) groups excluding carboxylic acids is 1. The molecule has 0 aliphatic carbocycles. The summed E-state index contributed by atoms with van der Waals surface area (Å²) in [6.07, 6.45) is 2.85. The number of amides is 1. The molecule has 17 heavy (non-hydrogen) atoms. The van der Waals surface area contributed by atoms with Crippen molar-refractivity contribution in [3.63, 3.8) is 0 Å². The fourth-order valence-corrected chi connectivity index (χ4v) is 2.26. The van der Waals surface area contributed by atoms with Crippen LogP contribution in [0.2, 0.25) is 0 Å².